The van der Waals surface area contributed by atoms with Crippen LogP contribution in [0.25, 0.3) is 0 Å². The molecule has 24 heavy (non-hydrogen) atoms. The lowest BCUT2D eigenvalue weighted by atomic mass is 9.82. The highest BCUT2D eigenvalue weighted by molar-refractivity contribution is 5.78. The molecule has 0 bridgehead atoms. The number of hydrogen-bond acceptors (Lipinski definition) is 4. The Labute approximate surface area is 143 Å². The Morgan fingerprint density at radius 2 is 2.08 bits per heavy atom. The van der Waals surface area contributed by atoms with Gasteiger partial charge in [0, 0.05) is 6.54 Å². The number of β-amino-alcohol motifs (C(OH)–C–C–N with tert-alkyl or cyclic N) is 1. The maximum atomic E-state index is 12.8. The first kappa shape index (κ1) is 17.2. The summed E-state index contributed by atoms with van der Waals surface area (Å²) in [6, 6.07) is 7.48. The number of benzene rings is 1. The summed E-state index contributed by atoms with van der Waals surface area (Å²) < 4.78 is 5.27. The van der Waals surface area contributed by atoms with Crippen molar-refractivity contribution in [1.29, 1.82) is 0 Å². The van der Waals surface area contributed by atoms with Crippen molar-refractivity contribution in [2.45, 2.75) is 62.7 Å². The van der Waals surface area contributed by atoms with Crippen LogP contribution >= 0.6 is 0 Å². The van der Waals surface area contributed by atoms with Gasteiger partial charge >= 0.3 is 0 Å². The van der Waals surface area contributed by atoms with Crippen LogP contribution in [0.15, 0.2) is 24.3 Å². The maximum absolute atomic E-state index is 12.8. The third-order valence-corrected chi connectivity index (χ3v) is 5.34. The Morgan fingerprint density at radius 1 is 1.33 bits per heavy atom. The smallest absolute Gasteiger partial charge is 0.226 e. The quantitative estimate of drug-likeness (QED) is 0.888. The zero-order valence-corrected chi connectivity index (χ0v) is 14.3. The van der Waals surface area contributed by atoms with Crippen LogP contribution in [0, 0.1) is 0 Å². The highest BCUT2D eigenvalue weighted by atomic mass is 16.5. The van der Waals surface area contributed by atoms with Crippen LogP contribution in [0.5, 0.6) is 5.75 Å². The van der Waals surface area contributed by atoms with E-state index in [1.165, 1.54) is 0 Å². The highest BCUT2D eigenvalue weighted by Crippen LogP contribution is 2.37. The van der Waals surface area contributed by atoms with Gasteiger partial charge in [0.15, 0.2) is 0 Å². The SMILES string of the molecule is COc1cccc(C2CC(O)CN2C(=O)CC2(O)CCCCC2)c1. The van der Waals surface area contributed by atoms with Crippen LogP contribution in [0.3, 0.4) is 0 Å². The molecule has 1 saturated heterocycles. The van der Waals surface area contributed by atoms with Crippen LogP contribution < -0.4 is 4.74 Å². The Morgan fingerprint density at radius 3 is 2.79 bits per heavy atom. The second-order valence-corrected chi connectivity index (χ2v) is 7.19. The largest absolute Gasteiger partial charge is 0.497 e. The molecule has 1 aliphatic carbocycles. The number of aliphatic hydroxyl groups is 2. The Balaban J connectivity index is 1.75. The molecule has 1 aliphatic heterocycles. The van der Waals surface area contributed by atoms with Gasteiger partial charge in [-0.3, -0.25) is 4.79 Å². The lowest BCUT2D eigenvalue weighted by molar-refractivity contribution is -0.139. The molecular weight excluding hydrogens is 306 g/mol. The van der Waals surface area contributed by atoms with Gasteiger partial charge in [-0.1, -0.05) is 31.4 Å². The number of nitrogens with zero attached hydrogens (tertiary/aromatic N) is 1. The summed E-state index contributed by atoms with van der Waals surface area (Å²) in [5, 5.41) is 20.8. The van der Waals surface area contributed by atoms with Crippen LogP contribution in [-0.2, 0) is 4.79 Å². The van der Waals surface area contributed by atoms with Crippen molar-refractivity contribution in [1.82, 2.24) is 4.90 Å². The average molecular weight is 333 g/mol. The lowest BCUT2D eigenvalue weighted by Gasteiger charge is -2.34. The molecule has 2 aliphatic rings. The van der Waals surface area contributed by atoms with Gasteiger partial charge in [-0.25, -0.2) is 0 Å². The minimum absolute atomic E-state index is 0.0660. The number of carbonyl (C=O) groups is 1. The van der Waals surface area contributed by atoms with Crippen molar-refractivity contribution in [2.75, 3.05) is 13.7 Å². The van der Waals surface area contributed by atoms with E-state index in [4.69, 9.17) is 4.74 Å². The van der Waals surface area contributed by atoms with Gasteiger partial charge in [0.25, 0.3) is 0 Å². The number of likely N-dealkylation sites (tertiary alicyclic amines) is 1. The Kier molecular flexibility index (Phi) is 5.11. The highest BCUT2D eigenvalue weighted by Gasteiger charge is 2.39. The number of methoxy groups -OCH3 is 1. The minimum Gasteiger partial charge on any atom is -0.497 e. The first-order chi connectivity index (χ1) is 11.5. The van der Waals surface area contributed by atoms with E-state index in [1.54, 1.807) is 12.0 Å². The first-order valence-corrected chi connectivity index (χ1v) is 8.85. The van der Waals surface area contributed by atoms with Crippen molar-refractivity contribution in [3.05, 3.63) is 29.8 Å². The molecule has 5 heteroatoms. The molecule has 1 heterocycles. The molecule has 1 amide bonds. The summed E-state index contributed by atoms with van der Waals surface area (Å²) in [6.07, 6.45) is 4.63. The van der Waals surface area contributed by atoms with Crippen molar-refractivity contribution < 1.29 is 19.7 Å². The van der Waals surface area contributed by atoms with E-state index in [0.29, 0.717) is 25.8 Å². The molecule has 2 atom stereocenters. The topological polar surface area (TPSA) is 70.0 Å². The van der Waals surface area contributed by atoms with Gasteiger partial charge < -0.3 is 19.8 Å². The molecule has 5 nitrogen and oxygen atoms in total. The van der Waals surface area contributed by atoms with E-state index >= 15 is 0 Å². The van der Waals surface area contributed by atoms with E-state index in [2.05, 4.69) is 0 Å². The summed E-state index contributed by atoms with van der Waals surface area (Å²) in [6.45, 7) is 0.330. The fourth-order valence-electron chi connectivity index (χ4n) is 4.02. The molecule has 0 aromatic heterocycles. The van der Waals surface area contributed by atoms with Gasteiger partial charge in [0.2, 0.25) is 5.91 Å². The summed E-state index contributed by atoms with van der Waals surface area (Å²) in [5.74, 6) is 0.677. The van der Waals surface area contributed by atoms with E-state index < -0.39 is 11.7 Å². The van der Waals surface area contributed by atoms with Gasteiger partial charge in [0.1, 0.15) is 5.75 Å². The molecule has 1 aromatic rings. The van der Waals surface area contributed by atoms with E-state index in [9.17, 15) is 15.0 Å². The zero-order valence-electron chi connectivity index (χ0n) is 14.3. The second kappa shape index (κ2) is 7.11. The fourth-order valence-corrected chi connectivity index (χ4v) is 4.02. The van der Waals surface area contributed by atoms with E-state index in [1.807, 2.05) is 24.3 Å². The number of carbonyl (C=O) groups excluding carboxylic acids is 1. The fraction of sp³-hybridized carbons (Fsp3) is 0.632. The molecular formula is C19H27NO4. The lowest BCUT2D eigenvalue weighted by Crippen LogP contribution is -2.40. The molecule has 2 unspecified atom stereocenters. The number of hydrogen-bond donors (Lipinski definition) is 2. The third kappa shape index (κ3) is 3.73. The van der Waals surface area contributed by atoms with Gasteiger partial charge in [-0.2, -0.15) is 0 Å². The molecule has 2 fully saturated rings. The average Bonchev–Trinajstić information content (AvgIpc) is 2.97. The first-order valence-electron chi connectivity index (χ1n) is 8.85. The van der Waals surface area contributed by atoms with Crippen LogP contribution in [0.2, 0.25) is 0 Å². The zero-order chi connectivity index (χ0) is 17.2. The number of ether oxygens (including phenoxy) is 1. The molecule has 0 radical (unpaired) electrons. The van der Waals surface area contributed by atoms with Gasteiger partial charge in [-0.05, 0) is 37.0 Å². The third-order valence-electron chi connectivity index (χ3n) is 5.34. The Bertz CT molecular complexity index is 582. The maximum Gasteiger partial charge on any atom is 0.226 e. The standard InChI is InChI=1S/C19H27NO4/c1-24-16-7-5-6-14(10-16)17-11-15(21)13-20(17)18(22)12-19(23)8-3-2-4-9-19/h5-7,10,15,17,21,23H,2-4,8-9,11-13H2,1H3. The van der Waals surface area contributed by atoms with Crippen LogP contribution in [0.1, 0.15) is 56.6 Å². The molecule has 1 saturated carbocycles. The molecule has 132 valence electrons. The van der Waals surface area contributed by atoms with Crippen LogP contribution in [0.4, 0.5) is 0 Å². The van der Waals surface area contributed by atoms with Gasteiger partial charge in [0.05, 0.1) is 31.3 Å². The van der Waals surface area contributed by atoms with E-state index in [0.717, 1.165) is 30.6 Å². The second-order valence-electron chi connectivity index (χ2n) is 7.19. The summed E-state index contributed by atoms with van der Waals surface area (Å²) in [7, 11) is 1.62. The van der Waals surface area contributed by atoms with Crippen molar-refractivity contribution in [2.24, 2.45) is 0 Å². The number of rotatable bonds is 4. The molecule has 3 rings (SSSR count). The number of aliphatic hydroxyl groups excluding tert-OH is 1. The van der Waals surface area contributed by atoms with Crippen molar-refractivity contribution in [3.8, 4) is 5.75 Å². The predicted octanol–water partition coefficient (Wildman–Crippen LogP) is 2.41. The molecule has 2 N–H and O–H groups in total. The van der Waals surface area contributed by atoms with Gasteiger partial charge in [-0.15, -0.1) is 0 Å². The minimum atomic E-state index is -0.873. The monoisotopic (exact) mass is 333 g/mol. The molecule has 1 aromatic carbocycles. The predicted molar refractivity (Wildman–Crippen MR) is 90.7 cm³/mol. The Hall–Kier alpha value is -1.59. The van der Waals surface area contributed by atoms with Crippen molar-refractivity contribution >= 4 is 5.91 Å². The summed E-state index contributed by atoms with van der Waals surface area (Å²) in [5.41, 5.74) is 0.0943. The normalized spacial score (nSPS) is 26.4. The van der Waals surface area contributed by atoms with E-state index in [-0.39, 0.29) is 18.4 Å². The summed E-state index contributed by atoms with van der Waals surface area (Å²) in [4.78, 5) is 14.6. The summed E-state index contributed by atoms with van der Waals surface area (Å²) >= 11 is 0. The number of amides is 1. The van der Waals surface area contributed by atoms with Crippen LogP contribution in [-0.4, -0.2) is 46.4 Å². The molecule has 0 spiro atoms. The van der Waals surface area contributed by atoms with Crippen molar-refractivity contribution in [3.63, 3.8) is 0 Å².